The maximum Gasteiger partial charge on any atom is 0.320 e. The van der Waals surface area contributed by atoms with Crippen LogP contribution in [0.5, 0.6) is 5.75 Å². The Morgan fingerprint density at radius 2 is 1.97 bits per heavy atom. The lowest BCUT2D eigenvalue weighted by molar-refractivity contribution is 0.159. The number of carbonyl (C=O) groups excluding carboxylic acids is 1. The molecule has 3 atom stereocenters. The molecule has 2 amide bonds. The van der Waals surface area contributed by atoms with Gasteiger partial charge in [-0.05, 0) is 29.8 Å². The normalized spacial score (nSPS) is 22.9. The predicted octanol–water partition coefficient (Wildman–Crippen LogP) is 2.75. The first kappa shape index (κ1) is 19.1. The number of rotatable bonds is 3. The fraction of sp³-hybridized carbons (Fsp3) is 0.409. The molecule has 7 heteroatoms. The van der Waals surface area contributed by atoms with Gasteiger partial charge in [-0.25, -0.2) is 9.78 Å². The van der Waals surface area contributed by atoms with Gasteiger partial charge < -0.3 is 19.4 Å². The summed E-state index contributed by atoms with van der Waals surface area (Å²) in [6.45, 7) is 2.26. The molecule has 0 N–H and O–H groups in total. The first-order valence-electron chi connectivity index (χ1n) is 9.75. The Labute approximate surface area is 171 Å². The highest BCUT2D eigenvalue weighted by atomic mass is 16.5. The van der Waals surface area contributed by atoms with E-state index in [0.717, 1.165) is 30.2 Å². The number of methoxy groups -OCH3 is 1. The molecule has 4 rings (SSSR count). The second kappa shape index (κ2) is 7.63. The van der Waals surface area contributed by atoms with Crippen LogP contribution in [0.15, 0.2) is 42.6 Å². The molecule has 150 valence electrons. The summed E-state index contributed by atoms with van der Waals surface area (Å²) in [6.07, 6.45) is 1.73. The van der Waals surface area contributed by atoms with E-state index in [2.05, 4.69) is 16.0 Å². The number of ether oxygens (including phenoxy) is 1. The summed E-state index contributed by atoms with van der Waals surface area (Å²) in [4.78, 5) is 23.2. The summed E-state index contributed by atoms with van der Waals surface area (Å²) >= 11 is 0. The van der Waals surface area contributed by atoms with Gasteiger partial charge in [0.2, 0.25) is 0 Å². The Bertz CT molecular complexity index is 937. The average Bonchev–Trinajstić information content (AvgIpc) is 3.31. The van der Waals surface area contributed by atoms with E-state index in [9.17, 15) is 10.1 Å². The van der Waals surface area contributed by atoms with Crippen LogP contribution < -0.4 is 9.64 Å². The van der Waals surface area contributed by atoms with Gasteiger partial charge >= 0.3 is 6.03 Å². The van der Waals surface area contributed by atoms with Crippen LogP contribution in [0.1, 0.15) is 17.2 Å². The molecule has 0 bridgehead atoms. The number of fused-ring (bicyclic) bond motifs is 1. The number of amides is 2. The van der Waals surface area contributed by atoms with E-state index in [-0.39, 0.29) is 18.0 Å². The van der Waals surface area contributed by atoms with Crippen LogP contribution in [0.25, 0.3) is 0 Å². The molecule has 0 saturated carbocycles. The first-order valence-corrected chi connectivity index (χ1v) is 9.75. The number of carbonyl (C=O) groups is 1. The number of hydrogen-bond donors (Lipinski definition) is 0. The van der Waals surface area contributed by atoms with Gasteiger partial charge in [0.25, 0.3) is 0 Å². The highest BCUT2D eigenvalue weighted by molar-refractivity contribution is 5.75. The van der Waals surface area contributed by atoms with Gasteiger partial charge in [0.15, 0.2) is 0 Å². The Hall–Kier alpha value is -3.27. The summed E-state index contributed by atoms with van der Waals surface area (Å²) in [6, 6.07) is 13.8. The zero-order valence-electron chi connectivity index (χ0n) is 16.9. The number of hydrogen-bond acceptors (Lipinski definition) is 5. The van der Waals surface area contributed by atoms with Crippen LogP contribution >= 0.6 is 0 Å². The van der Waals surface area contributed by atoms with Gasteiger partial charge in [-0.15, -0.1) is 0 Å². The van der Waals surface area contributed by atoms with Crippen molar-refractivity contribution in [2.75, 3.05) is 45.7 Å². The van der Waals surface area contributed by atoms with E-state index >= 15 is 0 Å². The number of nitriles is 1. The summed E-state index contributed by atoms with van der Waals surface area (Å²) in [5.41, 5.74) is 1.70. The zero-order chi connectivity index (χ0) is 20.5. The number of anilines is 1. The van der Waals surface area contributed by atoms with Crippen molar-refractivity contribution in [2.45, 2.75) is 6.04 Å². The van der Waals surface area contributed by atoms with Gasteiger partial charge in [0, 0.05) is 51.8 Å². The molecule has 0 radical (unpaired) electrons. The minimum atomic E-state index is -0.0138. The van der Waals surface area contributed by atoms with Crippen molar-refractivity contribution in [1.82, 2.24) is 14.8 Å². The third kappa shape index (κ3) is 3.35. The van der Waals surface area contributed by atoms with Crippen LogP contribution in [-0.4, -0.2) is 61.7 Å². The van der Waals surface area contributed by atoms with E-state index < -0.39 is 0 Å². The molecule has 1 aromatic heterocycles. The van der Waals surface area contributed by atoms with Crippen LogP contribution in [0.3, 0.4) is 0 Å². The topological polar surface area (TPSA) is 72.7 Å². The molecule has 2 aliphatic rings. The smallest absolute Gasteiger partial charge is 0.320 e. The van der Waals surface area contributed by atoms with Gasteiger partial charge in [0.05, 0.1) is 18.7 Å². The zero-order valence-corrected chi connectivity index (χ0v) is 16.9. The molecule has 1 aromatic carbocycles. The molecule has 0 aliphatic carbocycles. The van der Waals surface area contributed by atoms with E-state index in [4.69, 9.17) is 4.74 Å². The Kier molecular flexibility index (Phi) is 5.01. The van der Waals surface area contributed by atoms with Crippen molar-refractivity contribution < 1.29 is 9.53 Å². The first-order chi connectivity index (χ1) is 14.0. The highest BCUT2D eigenvalue weighted by Gasteiger charge is 2.50. The van der Waals surface area contributed by atoms with E-state index in [0.29, 0.717) is 18.0 Å². The number of nitrogens with zero attached hydrogens (tertiary/aromatic N) is 5. The number of benzene rings is 1. The minimum Gasteiger partial charge on any atom is -0.497 e. The second-order valence-electron chi connectivity index (χ2n) is 7.86. The molecule has 2 saturated heterocycles. The fourth-order valence-electron chi connectivity index (χ4n) is 4.64. The molecule has 0 unspecified atom stereocenters. The van der Waals surface area contributed by atoms with Gasteiger partial charge in [-0.3, -0.25) is 0 Å². The maximum absolute atomic E-state index is 12.9. The minimum absolute atomic E-state index is 0.0138. The van der Waals surface area contributed by atoms with Gasteiger partial charge in [-0.1, -0.05) is 12.1 Å². The SMILES string of the molecule is COc1ccc([C@H]2[C@@H]3CN(c4ncccc4C#N)C[C@@H]3CN2C(=O)N(C)C)cc1. The Balaban J connectivity index is 1.66. The summed E-state index contributed by atoms with van der Waals surface area (Å²) in [7, 11) is 5.23. The summed E-state index contributed by atoms with van der Waals surface area (Å²) in [5.74, 6) is 2.15. The molecule has 0 spiro atoms. The maximum atomic E-state index is 12.9. The lowest BCUT2D eigenvalue weighted by Crippen LogP contribution is -2.41. The van der Waals surface area contributed by atoms with E-state index in [1.807, 2.05) is 29.2 Å². The lowest BCUT2D eigenvalue weighted by Gasteiger charge is -2.32. The highest BCUT2D eigenvalue weighted by Crippen LogP contribution is 2.46. The second-order valence-corrected chi connectivity index (χ2v) is 7.86. The Morgan fingerprint density at radius 3 is 2.62 bits per heavy atom. The number of urea groups is 1. The van der Waals surface area contributed by atoms with Crippen molar-refractivity contribution >= 4 is 11.8 Å². The van der Waals surface area contributed by atoms with Crippen molar-refractivity contribution in [3.8, 4) is 11.8 Å². The predicted molar refractivity (Wildman–Crippen MR) is 110 cm³/mol. The van der Waals surface area contributed by atoms with Crippen molar-refractivity contribution in [1.29, 1.82) is 5.26 Å². The third-order valence-corrected chi connectivity index (χ3v) is 5.96. The fourth-order valence-corrected chi connectivity index (χ4v) is 4.64. The molecule has 2 aliphatic heterocycles. The molecule has 2 fully saturated rings. The largest absolute Gasteiger partial charge is 0.497 e. The van der Waals surface area contributed by atoms with Crippen LogP contribution in [0, 0.1) is 23.2 Å². The molecular formula is C22H25N5O2. The van der Waals surface area contributed by atoms with Crippen LogP contribution in [-0.2, 0) is 0 Å². The van der Waals surface area contributed by atoms with Crippen LogP contribution in [0.4, 0.5) is 10.6 Å². The van der Waals surface area contributed by atoms with Gasteiger partial charge in [-0.2, -0.15) is 5.26 Å². The van der Waals surface area contributed by atoms with E-state index in [1.165, 1.54) is 0 Å². The number of aromatic nitrogens is 1. The molecule has 7 nitrogen and oxygen atoms in total. The summed E-state index contributed by atoms with van der Waals surface area (Å²) < 4.78 is 5.30. The van der Waals surface area contributed by atoms with Gasteiger partial charge in [0.1, 0.15) is 17.6 Å². The third-order valence-electron chi connectivity index (χ3n) is 5.96. The molecule has 2 aromatic rings. The monoisotopic (exact) mass is 391 g/mol. The molecular weight excluding hydrogens is 366 g/mol. The lowest BCUT2D eigenvalue weighted by atomic mass is 9.89. The number of likely N-dealkylation sites (tertiary alicyclic amines) is 1. The Morgan fingerprint density at radius 1 is 1.21 bits per heavy atom. The number of pyridine rings is 1. The molecule has 29 heavy (non-hydrogen) atoms. The average molecular weight is 391 g/mol. The molecule has 3 heterocycles. The quantitative estimate of drug-likeness (QED) is 0.804. The van der Waals surface area contributed by atoms with E-state index in [1.54, 1.807) is 44.4 Å². The van der Waals surface area contributed by atoms with Crippen LogP contribution in [0.2, 0.25) is 0 Å². The standard InChI is InChI=1S/C22H25N5O2/c1-25(2)22(28)27-13-17-12-26(21-16(11-23)5-4-10-24-21)14-19(17)20(27)15-6-8-18(29-3)9-7-15/h4-10,17,19-20H,12-14H2,1-3H3/t17-,19-,20+/m1/s1. The van der Waals surface area contributed by atoms with Crippen molar-refractivity contribution in [3.63, 3.8) is 0 Å². The summed E-state index contributed by atoms with van der Waals surface area (Å²) in [5, 5.41) is 9.45. The van der Waals surface area contributed by atoms with Crippen molar-refractivity contribution in [2.24, 2.45) is 11.8 Å². The van der Waals surface area contributed by atoms with Crippen molar-refractivity contribution in [3.05, 3.63) is 53.7 Å².